The van der Waals surface area contributed by atoms with Gasteiger partial charge in [0.25, 0.3) is 0 Å². The molecule has 4 N–H and O–H groups in total. The molecule has 0 saturated carbocycles. The van der Waals surface area contributed by atoms with Gasteiger partial charge in [0.15, 0.2) is 5.11 Å². The summed E-state index contributed by atoms with van der Waals surface area (Å²) in [5.74, 6) is 0. The van der Waals surface area contributed by atoms with Crippen molar-refractivity contribution in [1.82, 2.24) is 0 Å². The second kappa shape index (κ2) is 9.76. The summed E-state index contributed by atoms with van der Waals surface area (Å²) in [6, 6.07) is 0. The topological polar surface area (TPSA) is 52.0 Å². The van der Waals surface area contributed by atoms with E-state index in [1.165, 1.54) is 0 Å². The molecule has 0 atom stereocenters. The van der Waals surface area contributed by atoms with E-state index in [9.17, 15) is 0 Å². The summed E-state index contributed by atoms with van der Waals surface area (Å²) in [6.45, 7) is 0. The maximum atomic E-state index is 4.62. The van der Waals surface area contributed by atoms with Crippen molar-refractivity contribution in [2.24, 2.45) is 11.5 Å². The van der Waals surface area contributed by atoms with Crippen LogP contribution in [0, 0.1) is 0 Å². The van der Waals surface area contributed by atoms with Gasteiger partial charge in [-0.3, -0.25) is 0 Å². The molecule has 2 nitrogen and oxygen atoms in total. The standard InChI is InChI=1S/CH4N2S.Bi.3HI/c2-1(3)4;;;;/h(H4,2,3,4);;3*1H/q;+3;;;/p-3. The average molecular weight is 666 g/mol. The third-order valence-corrected chi connectivity index (χ3v) is 0. The molecular weight excluding hydrogens is 662 g/mol. The number of hydrogen-bond donors (Lipinski definition) is 2. The maximum absolute atomic E-state index is 4.62. The monoisotopic (exact) mass is 666 g/mol. The summed E-state index contributed by atoms with van der Waals surface area (Å²) in [4.78, 5) is 0. The Labute approximate surface area is 89.6 Å². The summed E-state index contributed by atoms with van der Waals surface area (Å²) in [7, 11) is -0.683. The summed E-state index contributed by atoms with van der Waals surface area (Å²) in [5, 5.41) is 0.000000000000000222. The van der Waals surface area contributed by atoms with Gasteiger partial charge in [0.1, 0.15) is 0 Å². The molecule has 0 spiro atoms. The number of hydrogen-bond acceptors (Lipinski definition) is 1. The summed E-state index contributed by atoms with van der Waals surface area (Å²) < 4.78 is 0. The molecule has 0 rings (SSSR count). The van der Waals surface area contributed by atoms with Gasteiger partial charge in [-0.25, -0.2) is 0 Å². The van der Waals surface area contributed by atoms with Crippen LogP contribution in [0.5, 0.6) is 0 Å². The minimum atomic E-state index is -0.683. The van der Waals surface area contributed by atoms with Crippen molar-refractivity contribution in [2.75, 3.05) is 0 Å². The molecule has 0 unspecified atom stereocenters. The first-order valence-electron chi connectivity index (χ1n) is 1.29. The van der Waals surface area contributed by atoms with Crippen LogP contribution < -0.4 is 11.5 Å². The third-order valence-electron chi connectivity index (χ3n) is 0. The van der Waals surface area contributed by atoms with E-state index in [0.29, 0.717) is 0 Å². The van der Waals surface area contributed by atoms with Gasteiger partial charge < -0.3 is 11.5 Å². The van der Waals surface area contributed by atoms with Crippen molar-refractivity contribution in [3.8, 4) is 0 Å². The van der Waals surface area contributed by atoms with E-state index in [0.717, 1.165) is 0 Å². The molecule has 7 heteroatoms. The van der Waals surface area contributed by atoms with Crippen molar-refractivity contribution in [1.29, 1.82) is 0 Å². The molecule has 0 aromatic carbocycles. The predicted octanol–water partition coefficient (Wildman–Crippen LogP) is 1.47. The first kappa shape index (κ1) is 13.4. The molecule has 0 aliphatic heterocycles. The zero-order chi connectivity index (χ0) is 7.15. The molecule has 0 bridgehead atoms. The van der Waals surface area contributed by atoms with Gasteiger partial charge >= 0.3 is 63.3 Å². The zero-order valence-electron chi connectivity index (χ0n) is 3.64. The predicted molar refractivity (Wildman–Crippen MR) is 68.8 cm³/mol. The van der Waals surface area contributed by atoms with Crippen LogP contribution in [0.2, 0.25) is 0 Å². The van der Waals surface area contributed by atoms with Crippen molar-refractivity contribution < 1.29 is 0 Å². The Bertz CT molecular complexity index is 61.5. The van der Waals surface area contributed by atoms with Crippen LogP contribution in [0.4, 0.5) is 0 Å². The van der Waals surface area contributed by atoms with Gasteiger partial charge in [0, 0.05) is 0 Å². The van der Waals surface area contributed by atoms with Crippen molar-refractivity contribution in [2.45, 2.75) is 0 Å². The molecule has 0 aliphatic rings. The fourth-order valence-electron chi connectivity index (χ4n) is 0. The summed E-state index contributed by atoms with van der Waals surface area (Å²) in [6.07, 6.45) is 0. The van der Waals surface area contributed by atoms with Gasteiger partial charge in [-0.2, -0.15) is 0 Å². The summed E-state index contributed by atoms with van der Waals surface area (Å²) >= 11 is 11.7. The van der Waals surface area contributed by atoms with Crippen LogP contribution >= 0.6 is 66.4 Å². The van der Waals surface area contributed by atoms with E-state index in [2.05, 4.69) is 77.8 Å². The Kier molecular flexibility index (Phi) is 16.3. The molecule has 0 radical (unpaired) electrons. The Morgan fingerprint density at radius 2 is 1.25 bits per heavy atom. The van der Waals surface area contributed by atoms with Gasteiger partial charge in [0.05, 0.1) is 0 Å². The molecule has 0 heterocycles. The average Bonchev–Trinajstić information content (AvgIpc) is 1.25. The number of rotatable bonds is 0. The molecule has 0 fully saturated rings. The fraction of sp³-hybridized carbons (Fsp3) is 0. The fourth-order valence-corrected chi connectivity index (χ4v) is 0. The molecule has 0 aromatic heterocycles. The van der Waals surface area contributed by atoms with E-state index < -0.39 is 9.18 Å². The second-order valence-corrected chi connectivity index (χ2v) is 76.6. The molecule has 0 aromatic rings. The first-order valence-corrected chi connectivity index (χ1v) is 31.0. The van der Waals surface area contributed by atoms with Gasteiger partial charge in [0.2, 0.25) is 0 Å². The minimum absolute atomic E-state index is 0.000000000000000222. The van der Waals surface area contributed by atoms with Gasteiger partial charge in [-0.15, -0.1) is 0 Å². The normalized spacial score (nSPS) is 7.50. The van der Waals surface area contributed by atoms with E-state index >= 15 is 0 Å². The third kappa shape index (κ3) is 69.2. The first-order chi connectivity index (χ1) is 3.46. The molecule has 8 heavy (non-hydrogen) atoms. The number of thiocarbonyl (C=S) groups is 1. The van der Waals surface area contributed by atoms with Crippen LogP contribution in [-0.4, -0.2) is 14.3 Å². The van der Waals surface area contributed by atoms with Crippen LogP contribution in [0.1, 0.15) is 0 Å². The van der Waals surface area contributed by atoms with Crippen LogP contribution in [0.25, 0.3) is 0 Å². The van der Waals surface area contributed by atoms with Crippen LogP contribution in [-0.2, 0) is 0 Å². The van der Waals surface area contributed by atoms with Crippen LogP contribution in [0.15, 0.2) is 0 Å². The van der Waals surface area contributed by atoms with Crippen LogP contribution in [0.3, 0.4) is 0 Å². The Morgan fingerprint density at radius 3 is 1.25 bits per heavy atom. The molecule has 0 aliphatic carbocycles. The van der Waals surface area contributed by atoms with E-state index in [1.807, 2.05) is 0 Å². The van der Waals surface area contributed by atoms with Crippen molar-refractivity contribution >= 4 is 80.6 Å². The zero-order valence-corrected chi connectivity index (χ0v) is 14.4. The molecular formula is CH4BiI3N2S. The number of halogens is 3. The SMILES string of the molecule is NC(N)=S.[I][Bi]([I])[I]. The van der Waals surface area contributed by atoms with E-state index in [4.69, 9.17) is 0 Å². The van der Waals surface area contributed by atoms with Crippen molar-refractivity contribution in [3.63, 3.8) is 0 Å². The quantitative estimate of drug-likeness (QED) is 0.234. The Morgan fingerprint density at radius 1 is 1.25 bits per heavy atom. The Balaban J connectivity index is 0. The molecule has 0 amide bonds. The molecule has 50 valence electrons. The second-order valence-electron chi connectivity index (χ2n) is 0.594. The molecule has 0 saturated heterocycles. The Hall–Kier alpha value is 2.76. The van der Waals surface area contributed by atoms with E-state index in [-0.39, 0.29) is 5.11 Å². The van der Waals surface area contributed by atoms with E-state index in [1.54, 1.807) is 0 Å². The van der Waals surface area contributed by atoms with Crippen molar-refractivity contribution in [3.05, 3.63) is 0 Å². The summed E-state index contributed by atoms with van der Waals surface area (Å²) in [5.41, 5.74) is 9.24. The van der Waals surface area contributed by atoms with Gasteiger partial charge in [-0.05, 0) is 12.2 Å². The van der Waals surface area contributed by atoms with Gasteiger partial charge in [-0.1, -0.05) is 0 Å². The number of nitrogens with two attached hydrogens (primary N) is 2.